The van der Waals surface area contributed by atoms with Crippen molar-refractivity contribution in [2.45, 2.75) is 26.8 Å². The van der Waals surface area contributed by atoms with Crippen molar-refractivity contribution in [3.63, 3.8) is 0 Å². The highest BCUT2D eigenvalue weighted by Gasteiger charge is 2.22. The highest BCUT2D eigenvalue weighted by Crippen LogP contribution is 2.23. The van der Waals surface area contributed by atoms with Crippen LogP contribution >= 0.6 is 0 Å². The first-order valence-electron chi connectivity index (χ1n) is 5.40. The highest BCUT2D eigenvalue weighted by atomic mass is 16.3. The van der Waals surface area contributed by atoms with Gasteiger partial charge in [0.25, 0.3) is 0 Å². The fourth-order valence-corrected chi connectivity index (χ4v) is 1.62. The summed E-state index contributed by atoms with van der Waals surface area (Å²) in [5.41, 5.74) is 5.87. The van der Waals surface area contributed by atoms with Crippen molar-refractivity contribution in [3.8, 4) is 0 Å². The van der Waals surface area contributed by atoms with Gasteiger partial charge in [0.2, 0.25) is 0 Å². The van der Waals surface area contributed by atoms with Crippen LogP contribution in [0.3, 0.4) is 0 Å². The van der Waals surface area contributed by atoms with Crippen molar-refractivity contribution in [2.24, 2.45) is 11.1 Å². The second-order valence-corrected chi connectivity index (χ2v) is 4.97. The molecule has 2 N–H and O–H groups in total. The molecule has 1 unspecified atom stereocenters. The highest BCUT2D eigenvalue weighted by molar-refractivity contribution is 5.03. The van der Waals surface area contributed by atoms with Crippen molar-refractivity contribution in [1.29, 1.82) is 0 Å². The molecule has 86 valence electrons. The summed E-state index contributed by atoms with van der Waals surface area (Å²) >= 11 is 0. The Hall–Kier alpha value is -0.800. The molecular weight excluding hydrogens is 188 g/mol. The van der Waals surface area contributed by atoms with Crippen LogP contribution in [0.15, 0.2) is 22.8 Å². The van der Waals surface area contributed by atoms with E-state index in [1.54, 1.807) is 6.26 Å². The number of hydrogen-bond donors (Lipinski definition) is 1. The molecule has 0 aliphatic carbocycles. The molecule has 3 heteroatoms. The monoisotopic (exact) mass is 210 g/mol. The summed E-state index contributed by atoms with van der Waals surface area (Å²) < 4.78 is 5.39. The van der Waals surface area contributed by atoms with Crippen LogP contribution in [0, 0.1) is 5.41 Å². The van der Waals surface area contributed by atoms with Gasteiger partial charge >= 0.3 is 0 Å². The van der Waals surface area contributed by atoms with Crippen molar-refractivity contribution >= 4 is 0 Å². The number of furan rings is 1. The number of hydrogen-bond acceptors (Lipinski definition) is 3. The molecule has 1 rings (SSSR count). The van der Waals surface area contributed by atoms with Gasteiger partial charge in [-0.1, -0.05) is 13.8 Å². The molecule has 1 heterocycles. The molecule has 1 aromatic heterocycles. The molecule has 0 aliphatic heterocycles. The molecule has 0 aliphatic rings. The Morgan fingerprint density at radius 1 is 1.53 bits per heavy atom. The van der Waals surface area contributed by atoms with E-state index in [4.69, 9.17) is 10.2 Å². The zero-order valence-corrected chi connectivity index (χ0v) is 10.2. The van der Waals surface area contributed by atoms with Gasteiger partial charge in [0, 0.05) is 6.54 Å². The van der Waals surface area contributed by atoms with Crippen molar-refractivity contribution < 1.29 is 4.42 Å². The molecule has 1 atom stereocenters. The van der Waals surface area contributed by atoms with Crippen LogP contribution in [0.4, 0.5) is 0 Å². The van der Waals surface area contributed by atoms with Gasteiger partial charge < -0.3 is 10.2 Å². The first-order chi connectivity index (χ1) is 6.96. The number of nitrogens with zero attached hydrogens (tertiary/aromatic N) is 1. The third-order valence-electron chi connectivity index (χ3n) is 2.85. The molecule has 0 aromatic carbocycles. The number of rotatable bonds is 5. The summed E-state index contributed by atoms with van der Waals surface area (Å²) in [5.74, 6) is 1.00. The van der Waals surface area contributed by atoms with Crippen LogP contribution in [-0.4, -0.2) is 25.0 Å². The summed E-state index contributed by atoms with van der Waals surface area (Å²) in [6.07, 6.45) is 1.72. The first-order valence-corrected chi connectivity index (χ1v) is 5.40. The Morgan fingerprint density at radius 3 is 2.67 bits per heavy atom. The summed E-state index contributed by atoms with van der Waals surface area (Å²) in [4.78, 5) is 2.27. The third-order valence-corrected chi connectivity index (χ3v) is 2.85. The molecule has 0 saturated heterocycles. The SMILES string of the molecule is CC(c1ccco1)N(C)CC(C)(C)CN. The van der Waals surface area contributed by atoms with Gasteiger partial charge in [-0.25, -0.2) is 0 Å². The van der Waals surface area contributed by atoms with Crippen LogP contribution in [0.25, 0.3) is 0 Å². The van der Waals surface area contributed by atoms with Gasteiger partial charge in [-0.15, -0.1) is 0 Å². The molecule has 0 bridgehead atoms. The van der Waals surface area contributed by atoms with Gasteiger partial charge in [-0.05, 0) is 38.1 Å². The molecule has 3 nitrogen and oxygen atoms in total. The lowest BCUT2D eigenvalue weighted by Gasteiger charge is -2.32. The number of nitrogens with two attached hydrogens (primary N) is 1. The topological polar surface area (TPSA) is 42.4 Å². The van der Waals surface area contributed by atoms with E-state index in [2.05, 4.69) is 32.7 Å². The smallest absolute Gasteiger partial charge is 0.120 e. The lowest BCUT2D eigenvalue weighted by atomic mass is 9.92. The first kappa shape index (κ1) is 12.3. The van der Waals surface area contributed by atoms with Crippen LogP contribution < -0.4 is 5.73 Å². The van der Waals surface area contributed by atoms with Crippen molar-refractivity contribution in [2.75, 3.05) is 20.1 Å². The Labute approximate surface area is 92.2 Å². The van der Waals surface area contributed by atoms with Crippen molar-refractivity contribution in [1.82, 2.24) is 4.90 Å². The van der Waals surface area contributed by atoms with Gasteiger partial charge in [0.15, 0.2) is 0 Å². The average molecular weight is 210 g/mol. The third kappa shape index (κ3) is 3.36. The molecule has 15 heavy (non-hydrogen) atoms. The Balaban J connectivity index is 2.58. The van der Waals surface area contributed by atoms with Gasteiger partial charge in [-0.3, -0.25) is 4.90 Å². The van der Waals surface area contributed by atoms with E-state index in [-0.39, 0.29) is 5.41 Å². The molecule has 0 fully saturated rings. The maximum atomic E-state index is 5.72. The summed E-state index contributed by atoms with van der Waals surface area (Å²) in [5, 5.41) is 0. The Kier molecular flexibility index (Phi) is 3.94. The molecular formula is C12H22N2O. The van der Waals surface area contributed by atoms with Crippen LogP contribution in [0.2, 0.25) is 0 Å². The molecule has 0 saturated carbocycles. The second-order valence-electron chi connectivity index (χ2n) is 4.97. The standard InChI is InChI=1S/C12H22N2O/c1-10(11-6-5-7-15-11)14(4)9-12(2,3)8-13/h5-7,10H,8-9,13H2,1-4H3. The molecule has 0 amide bonds. The van der Waals surface area contributed by atoms with Crippen LogP contribution in [0.1, 0.15) is 32.6 Å². The van der Waals surface area contributed by atoms with Crippen LogP contribution in [-0.2, 0) is 0 Å². The maximum absolute atomic E-state index is 5.72. The minimum absolute atomic E-state index is 0.148. The van der Waals surface area contributed by atoms with E-state index in [0.717, 1.165) is 12.3 Å². The van der Waals surface area contributed by atoms with E-state index < -0.39 is 0 Å². The second kappa shape index (κ2) is 4.81. The molecule has 0 radical (unpaired) electrons. The van der Waals surface area contributed by atoms with Crippen LogP contribution in [0.5, 0.6) is 0 Å². The van der Waals surface area contributed by atoms with Crippen molar-refractivity contribution in [3.05, 3.63) is 24.2 Å². The molecule has 1 aromatic rings. The average Bonchev–Trinajstić information content (AvgIpc) is 2.68. The van der Waals surface area contributed by atoms with E-state index in [1.807, 2.05) is 12.1 Å². The summed E-state index contributed by atoms with van der Waals surface area (Å²) in [6.45, 7) is 8.16. The van der Waals surface area contributed by atoms with E-state index in [1.165, 1.54) is 0 Å². The zero-order valence-electron chi connectivity index (χ0n) is 10.2. The minimum Gasteiger partial charge on any atom is -0.468 e. The van der Waals surface area contributed by atoms with E-state index in [0.29, 0.717) is 12.6 Å². The minimum atomic E-state index is 0.148. The Morgan fingerprint density at radius 2 is 2.20 bits per heavy atom. The van der Waals surface area contributed by atoms with E-state index in [9.17, 15) is 0 Å². The zero-order chi connectivity index (χ0) is 11.5. The van der Waals surface area contributed by atoms with E-state index >= 15 is 0 Å². The fraction of sp³-hybridized carbons (Fsp3) is 0.667. The summed E-state index contributed by atoms with van der Waals surface area (Å²) in [6, 6.07) is 4.23. The largest absolute Gasteiger partial charge is 0.468 e. The van der Waals surface area contributed by atoms with Gasteiger partial charge in [0.1, 0.15) is 5.76 Å². The van der Waals surface area contributed by atoms with Gasteiger partial charge in [0.05, 0.1) is 12.3 Å². The van der Waals surface area contributed by atoms with Gasteiger partial charge in [-0.2, -0.15) is 0 Å². The maximum Gasteiger partial charge on any atom is 0.120 e. The normalized spacial score (nSPS) is 14.5. The molecule has 0 spiro atoms. The summed E-state index contributed by atoms with van der Waals surface area (Å²) in [7, 11) is 2.10. The lowest BCUT2D eigenvalue weighted by molar-refractivity contribution is 0.159. The quantitative estimate of drug-likeness (QED) is 0.810. The lowest BCUT2D eigenvalue weighted by Crippen LogP contribution is -2.37. The fourth-order valence-electron chi connectivity index (χ4n) is 1.62. The predicted molar refractivity (Wildman–Crippen MR) is 62.6 cm³/mol. The Bertz CT molecular complexity index is 280. The predicted octanol–water partition coefficient (Wildman–Crippen LogP) is 2.26.